The van der Waals surface area contributed by atoms with E-state index in [4.69, 9.17) is 0 Å². The van der Waals surface area contributed by atoms with Crippen molar-refractivity contribution < 1.29 is 5.11 Å². The minimum atomic E-state index is -0.798. The van der Waals surface area contributed by atoms with Gasteiger partial charge in [0.1, 0.15) is 0 Å². The number of aromatic nitrogens is 1. The van der Waals surface area contributed by atoms with Crippen LogP contribution >= 0.6 is 0 Å². The molecule has 1 N–H and O–H groups in total. The first-order valence-corrected chi connectivity index (χ1v) is 6.15. The fraction of sp³-hybridized carbons (Fsp3) is 0.400. The zero-order valence-corrected chi connectivity index (χ0v) is 10.6. The van der Waals surface area contributed by atoms with Gasteiger partial charge in [-0.25, -0.2) is 0 Å². The molecule has 0 spiro atoms. The predicted molar refractivity (Wildman–Crippen MR) is 70.8 cm³/mol. The number of hydrogen-bond acceptors (Lipinski definition) is 2. The molecule has 2 rings (SSSR count). The van der Waals surface area contributed by atoms with Crippen LogP contribution in [0.15, 0.2) is 36.7 Å². The Morgan fingerprint density at radius 2 is 1.94 bits per heavy atom. The molecule has 1 aromatic heterocycles. The number of pyridine rings is 1. The Balaban J connectivity index is 2.70. The maximum absolute atomic E-state index is 10.8. The second-order valence-corrected chi connectivity index (χ2v) is 4.84. The Kier molecular flexibility index (Phi) is 3.16. The molecule has 17 heavy (non-hydrogen) atoms. The second kappa shape index (κ2) is 4.46. The maximum Gasteiger partial charge on any atom is 0.0937 e. The molecular weight excluding hydrogens is 210 g/mol. The van der Waals surface area contributed by atoms with Gasteiger partial charge < -0.3 is 5.11 Å². The predicted octanol–water partition coefficient (Wildman–Crippen LogP) is 3.49. The summed E-state index contributed by atoms with van der Waals surface area (Å²) in [6.45, 7) is 6.11. The van der Waals surface area contributed by atoms with Gasteiger partial charge in [-0.3, -0.25) is 4.98 Å². The van der Waals surface area contributed by atoms with Crippen molar-refractivity contribution >= 4 is 10.8 Å². The van der Waals surface area contributed by atoms with Crippen molar-refractivity contribution in [1.29, 1.82) is 0 Å². The van der Waals surface area contributed by atoms with E-state index in [1.807, 2.05) is 45.2 Å². The summed E-state index contributed by atoms with van der Waals surface area (Å²) in [6.07, 6.45) is 4.33. The van der Waals surface area contributed by atoms with Gasteiger partial charge in [-0.15, -0.1) is 0 Å². The topological polar surface area (TPSA) is 33.1 Å². The molecule has 1 atom stereocenters. The van der Waals surface area contributed by atoms with Crippen LogP contribution in [-0.4, -0.2) is 10.1 Å². The highest BCUT2D eigenvalue weighted by molar-refractivity contribution is 5.85. The van der Waals surface area contributed by atoms with Crippen molar-refractivity contribution in [2.24, 2.45) is 5.92 Å². The largest absolute Gasteiger partial charge is 0.385 e. The van der Waals surface area contributed by atoms with Crippen LogP contribution in [0.1, 0.15) is 32.8 Å². The first kappa shape index (κ1) is 12.1. The first-order chi connectivity index (χ1) is 8.09. The van der Waals surface area contributed by atoms with Crippen LogP contribution < -0.4 is 0 Å². The van der Waals surface area contributed by atoms with Crippen LogP contribution in [0.5, 0.6) is 0 Å². The van der Waals surface area contributed by atoms with Crippen LogP contribution in [0.4, 0.5) is 0 Å². The third-order valence-electron chi connectivity index (χ3n) is 3.63. The van der Waals surface area contributed by atoms with E-state index in [9.17, 15) is 5.11 Å². The van der Waals surface area contributed by atoms with Crippen molar-refractivity contribution in [3.63, 3.8) is 0 Å². The highest BCUT2D eigenvalue weighted by Gasteiger charge is 2.32. The highest BCUT2D eigenvalue weighted by atomic mass is 16.3. The number of fused-ring (bicyclic) bond motifs is 1. The van der Waals surface area contributed by atoms with Gasteiger partial charge in [0.25, 0.3) is 0 Å². The molecular formula is C15H19NO. The zero-order chi connectivity index (χ0) is 12.5. The van der Waals surface area contributed by atoms with E-state index in [0.717, 1.165) is 16.3 Å². The van der Waals surface area contributed by atoms with Crippen LogP contribution in [-0.2, 0) is 5.60 Å². The molecule has 0 aliphatic rings. The molecule has 1 unspecified atom stereocenters. The Hall–Kier alpha value is -1.41. The Bertz CT molecular complexity index is 516. The van der Waals surface area contributed by atoms with Crippen LogP contribution in [0.2, 0.25) is 0 Å². The smallest absolute Gasteiger partial charge is 0.0937 e. The summed E-state index contributed by atoms with van der Waals surface area (Å²) in [5.41, 5.74) is 0.140. The molecule has 0 amide bonds. The van der Waals surface area contributed by atoms with E-state index >= 15 is 0 Å². The van der Waals surface area contributed by atoms with Gasteiger partial charge in [0.05, 0.1) is 5.60 Å². The van der Waals surface area contributed by atoms with Gasteiger partial charge in [0, 0.05) is 23.3 Å². The molecule has 0 saturated carbocycles. The van der Waals surface area contributed by atoms with Crippen molar-refractivity contribution in [1.82, 2.24) is 4.98 Å². The first-order valence-electron chi connectivity index (χ1n) is 6.15. The Morgan fingerprint density at radius 3 is 2.59 bits per heavy atom. The van der Waals surface area contributed by atoms with Gasteiger partial charge in [-0.05, 0) is 17.7 Å². The molecule has 1 aromatic carbocycles. The molecule has 1 heterocycles. The lowest BCUT2D eigenvalue weighted by Crippen LogP contribution is -2.31. The monoisotopic (exact) mass is 229 g/mol. The minimum Gasteiger partial charge on any atom is -0.385 e. The van der Waals surface area contributed by atoms with Crippen molar-refractivity contribution in [2.75, 3.05) is 0 Å². The van der Waals surface area contributed by atoms with E-state index in [1.54, 1.807) is 6.20 Å². The maximum atomic E-state index is 10.8. The third kappa shape index (κ3) is 1.93. The molecule has 0 radical (unpaired) electrons. The summed E-state index contributed by atoms with van der Waals surface area (Å²) in [5, 5.41) is 13.0. The lowest BCUT2D eigenvalue weighted by molar-refractivity contribution is -0.0128. The molecule has 0 fully saturated rings. The molecule has 0 aliphatic heterocycles. The van der Waals surface area contributed by atoms with Gasteiger partial charge in [-0.2, -0.15) is 0 Å². The van der Waals surface area contributed by atoms with Crippen LogP contribution in [0, 0.1) is 5.92 Å². The van der Waals surface area contributed by atoms with E-state index in [0.29, 0.717) is 6.42 Å². The van der Waals surface area contributed by atoms with Crippen LogP contribution in [0.3, 0.4) is 0 Å². The summed E-state index contributed by atoms with van der Waals surface area (Å²) >= 11 is 0. The Labute approximate surface area is 102 Å². The molecule has 90 valence electrons. The van der Waals surface area contributed by atoms with Gasteiger partial charge >= 0.3 is 0 Å². The standard InChI is InChI=1S/C15H19NO/c1-4-15(17,11(2)3)14-10-16-9-12-7-5-6-8-13(12)14/h5-11,17H,4H2,1-3H3. The number of rotatable bonds is 3. The summed E-state index contributed by atoms with van der Waals surface area (Å²) < 4.78 is 0. The number of hydrogen-bond donors (Lipinski definition) is 1. The number of benzene rings is 1. The fourth-order valence-corrected chi connectivity index (χ4v) is 2.37. The van der Waals surface area contributed by atoms with E-state index in [1.165, 1.54) is 0 Å². The number of aliphatic hydroxyl groups is 1. The summed E-state index contributed by atoms with van der Waals surface area (Å²) in [6, 6.07) is 8.08. The van der Waals surface area contributed by atoms with Gasteiger partial charge in [-0.1, -0.05) is 45.0 Å². The van der Waals surface area contributed by atoms with Crippen LogP contribution in [0.25, 0.3) is 10.8 Å². The van der Waals surface area contributed by atoms with Gasteiger partial charge in [0.15, 0.2) is 0 Å². The molecule has 2 heteroatoms. The Morgan fingerprint density at radius 1 is 1.24 bits per heavy atom. The average molecular weight is 229 g/mol. The molecule has 0 bridgehead atoms. The van der Waals surface area contributed by atoms with Crippen molar-refractivity contribution in [2.45, 2.75) is 32.8 Å². The lowest BCUT2D eigenvalue weighted by atomic mass is 9.80. The minimum absolute atomic E-state index is 0.167. The average Bonchev–Trinajstić information content (AvgIpc) is 2.37. The molecule has 2 aromatic rings. The number of nitrogens with zero attached hydrogens (tertiary/aromatic N) is 1. The van der Waals surface area contributed by atoms with E-state index < -0.39 is 5.60 Å². The quantitative estimate of drug-likeness (QED) is 0.874. The van der Waals surface area contributed by atoms with E-state index in [-0.39, 0.29) is 5.92 Å². The molecule has 0 aliphatic carbocycles. The summed E-state index contributed by atoms with van der Waals surface area (Å²) in [7, 11) is 0. The van der Waals surface area contributed by atoms with Crippen molar-refractivity contribution in [3.8, 4) is 0 Å². The summed E-state index contributed by atoms with van der Waals surface area (Å²) in [4.78, 5) is 4.25. The SMILES string of the molecule is CCC(O)(c1cncc2ccccc12)C(C)C. The molecule has 0 saturated heterocycles. The zero-order valence-electron chi connectivity index (χ0n) is 10.6. The van der Waals surface area contributed by atoms with Crippen molar-refractivity contribution in [3.05, 3.63) is 42.2 Å². The second-order valence-electron chi connectivity index (χ2n) is 4.84. The lowest BCUT2D eigenvalue weighted by Gasteiger charge is -2.32. The van der Waals surface area contributed by atoms with E-state index in [2.05, 4.69) is 11.1 Å². The van der Waals surface area contributed by atoms with Gasteiger partial charge in [0.2, 0.25) is 0 Å². The highest BCUT2D eigenvalue weighted by Crippen LogP contribution is 2.36. The fourth-order valence-electron chi connectivity index (χ4n) is 2.37. The normalized spacial score (nSPS) is 15.1. The summed E-state index contributed by atoms with van der Waals surface area (Å²) in [5.74, 6) is 0.167. The third-order valence-corrected chi connectivity index (χ3v) is 3.63. The molecule has 2 nitrogen and oxygen atoms in total.